The van der Waals surface area contributed by atoms with Gasteiger partial charge in [-0.25, -0.2) is 14.1 Å². The number of benzene rings is 1. The molecule has 0 saturated carbocycles. The van der Waals surface area contributed by atoms with E-state index in [0.29, 0.717) is 24.2 Å². The van der Waals surface area contributed by atoms with Gasteiger partial charge in [0, 0.05) is 6.42 Å². The van der Waals surface area contributed by atoms with Gasteiger partial charge in [0.15, 0.2) is 18.0 Å². The SMILES string of the molecule is CC(C)C(=O)O[C@H]1[C@H](c2ccc3c(N)ncnn23)O[C@](C)(CO[P@](=O)(N[C@@H](C)C(=O)O[C@@H]2CCOC2)Oc2ccccc2)[C@H]1OC(=O)C(C)C. The van der Waals surface area contributed by atoms with Crippen molar-refractivity contribution in [2.45, 2.75) is 84.0 Å². The Morgan fingerprint density at radius 3 is 2.38 bits per heavy atom. The van der Waals surface area contributed by atoms with Crippen LogP contribution < -0.4 is 15.3 Å². The molecule has 4 heterocycles. The van der Waals surface area contributed by atoms with Crippen molar-refractivity contribution in [3.8, 4) is 5.75 Å². The number of nitrogen functional groups attached to an aromatic ring is 1. The maximum absolute atomic E-state index is 14.5. The van der Waals surface area contributed by atoms with Gasteiger partial charge in [-0.3, -0.25) is 18.9 Å². The zero-order chi connectivity index (χ0) is 36.2. The van der Waals surface area contributed by atoms with Crippen LogP contribution in [0.3, 0.4) is 0 Å². The maximum atomic E-state index is 14.5. The Morgan fingerprint density at radius 1 is 1.02 bits per heavy atom. The molecule has 5 rings (SSSR count). The number of hydrogen-bond acceptors (Lipinski definition) is 14. The van der Waals surface area contributed by atoms with Crippen LogP contribution in [0.4, 0.5) is 5.82 Å². The van der Waals surface area contributed by atoms with E-state index < -0.39 is 80.2 Å². The molecule has 0 amide bonds. The maximum Gasteiger partial charge on any atom is 0.459 e. The number of nitrogens with zero attached hydrogens (tertiary/aromatic N) is 3. The summed E-state index contributed by atoms with van der Waals surface area (Å²) in [6.07, 6.45) is -2.18. The quantitative estimate of drug-likeness (QED) is 0.138. The Kier molecular flexibility index (Phi) is 11.5. The van der Waals surface area contributed by atoms with Crippen molar-refractivity contribution < 1.29 is 51.7 Å². The summed E-state index contributed by atoms with van der Waals surface area (Å²) in [7, 11) is -4.41. The van der Waals surface area contributed by atoms with Gasteiger partial charge in [0.1, 0.15) is 41.4 Å². The second-order valence-corrected chi connectivity index (χ2v) is 14.8. The third-order valence-electron chi connectivity index (χ3n) is 8.20. The highest BCUT2D eigenvalue weighted by atomic mass is 31.2. The van der Waals surface area contributed by atoms with Gasteiger partial charge in [0.2, 0.25) is 0 Å². The molecule has 1 aromatic carbocycles. The highest BCUT2D eigenvalue weighted by molar-refractivity contribution is 7.52. The molecule has 0 unspecified atom stereocenters. The summed E-state index contributed by atoms with van der Waals surface area (Å²) in [5, 5.41) is 6.99. The zero-order valence-corrected chi connectivity index (χ0v) is 29.7. The van der Waals surface area contributed by atoms with Crippen molar-refractivity contribution in [3.63, 3.8) is 0 Å². The molecule has 2 aliphatic heterocycles. The monoisotopic (exact) mass is 717 g/mol. The van der Waals surface area contributed by atoms with Gasteiger partial charge in [-0.1, -0.05) is 45.9 Å². The van der Waals surface area contributed by atoms with Crippen LogP contribution in [-0.2, 0) is 47.2 Å². The van der Waals surface area contributed by atoms with E-state index in [4.69, 9.17) is 38.5 Å². The van der Waals surface area contributed by atoms with Gasteiger partial charge < -0.3 is 33.9 Å². The van der Waals surface area contributed by atoms with E-state index in [1.54, 1.807) is 77.1 Å². The van der Waals surface area contributed by atoms with Gasteiger partial charge in [0.05, 0.1) is 37.4 Å². The first-order valence-electron chi connectivity index (χ1n) is 16.4. The average Bonchev–Trinajstić information content (AvgIpc) is 3.80. The third kappa shape index (κ3) is 8.44. The number of rotatable bonds is 14. The Hall–Kier alpha value is -4.08. The van der Waals surface area contributed by atoms with Crippen LogP contribution in [0.2, 0.25) is 0 Å². The van der Waals surface area contributed by atoms with Crippen molar-refractivity contribution in [2.24, 2.45) is 11.8 Å². The number of nitrogens with two attached hydrogens (primary N) is 1. The predicted molar refractivity (Wildman–Crippen MR) is 178 cm³/mol. The van der Waals surface area contributed by atoms with Crippen LogP contribution >= 0.6 is 7.75 Å². The number of carbonyl (C=O) groups is 3. The molecule has 2 saturated heterocycles. The molecule has 0 aliphatic carbocycles. The molecule has 2 aromatic heterocycles. The summed E-state index contributed by atoms with van der Waals surface area (Å²) in [5.74, 6) is -2.57. The van der Waals surface area contributed by atoms with Crippen molar-refractivity contribution in [1.29, 1.82) is 0 Å². The van der Waals surface area contributed by atoms with Gasteiger partial charge in [0.25, 0.3) is 0 Å². The minimum Gasteiger partial charge on any atom is -0.459 e. The molecule has 272 valence electrons. The number of hydrogen-bond donors (Lipinski definition) is 2. The first kappa shape index (κ1) is 37.2. The van der Waals surface area contributed by atoms with Gasteiger partial charge >= 0.3 is 25.7 Å². The van der Waals surface area contributed by atoms with E-state index in [9.17, 15) is 18.9 Å². The second kappa shape index (κ2) is 15.4. The summed E-state index contributed by atoms with van der Waals surface area (Å²) < 4.78 is 57.2. The van der Waals surface area contributed by atoms with E-state index in [1.807, 2.05) is 0 Å². The minimum absolute atomic E-state index is 0.187. The number of aromatic nitrogens is 3. The summed E-state index contributed by atoms with van der Waals surface area (Å²) in [5.41, 5.74) is 5.36. The number of fused-ring (bicyclic) bond motifs is 1. The molecule has 16 nitrogen and oxygen atoms in total. The molecule has 7 atom stereocenters. The molecule has 2 fully saturated rings. The van der Waals surface area contributed by atoms with E-state index in [-0.39, 0.29) is 18.2 Å². The zero-order valence-electron chi connectivity index (χ0n) is 28.8. The Labute approximate surface area is 289 Å². The first-order chi connectivity index (χ1) is 23.7. The highest BCUT2D eigenvalue weighted by Crippen LogP contribution is 2.50. The normalized spacial score (nSPS) is 25.4. The number of anilines is 1. The molecule has 0 radical (unpaired) electrons. The smallest absolute Gasteiger partial charge is 0.459 e. The van der Waals surface area contributed by atoms with Crippen LogP contribution in [0.1, 0.15) is 59.8 Å². The van der Waals surface area contributed by atoms with Crippen molar-refractivity contribution in [3.05, 3.63) is 54.5 Å². The summed E-state index contributed by atoms with van der Waals surface area (Å²) in [6.45, 7) is 9.89. The first-order valence-corrected chi connectivity index (χ1v) is 18.0. The number of esters is 3. The lowest BCUT2D eigenvalue weighted by molar-refractivity contribution is -0.175. The molecule has 3 aromatic rings. The molecule has 17 heteroatoms. The van der Waals surface area contributed by atoms with Crippen molar-refractivity contribution in [1.82, 2.24) is 19.7 Å². The Balaban J connectivity index is 1.49. The molecular formula is C33H44N5O11P. The van der Waals surface area contributed by atoms with E-state index in [1.165, 1.54) is 17.8 Å². The lowest BCUT2D eigenvalue weighted by Gasteiger charge is -2.33. The Morgan fingerprint density at radius 2 is 1.72 bits per heavy atom. The van der Waals surface area contributed by atoms with Crippen molar-refractivity contribution in [2.75, 3.05) is 25.6 Å². The minimum atomic E-state index is -4.41. The third-order valence-corrected chi connectivity index (χ3v) is 9.83. The molecule has 0 spiro atoms. The standard InChI is InChI=1S/C33H44N5O11P/c1-19(2)30(39)46-27-26(24-12-13-25-29(34)35-18-36-38(24)25)48-33(6,28(27)47-31(40)20(3)4)17-44-50(42,49-22-10-8-7-9-11-22)37-21(5)32(41)45-23-14-15-43-16-23/h7-13,18-21,23,26-28H,14-17H2,1-6H3,(H,37,42)(H2,34,35,36)/t21-,23+,26-,27-,28-,33+,50+/m0/s1. The van der Waals surface area contributed by atoms with E-state index in [0.717, 1.165) is 0 Å². The lowest BCUT2D eigenvalue weighted by Crippen LogP contribution is -2.49. The summed E-state index contributed by atoms with van der Waals surface area (Å²) >= 11 is 0. The number of nitrogens with one attached hydrogen (secondary N) is 1. The second-order valence-electron chi connectivity index (χ2n) is 13.1. The fourth-order valence-electron chi connectivity index (χ4n) is 5.40. The fraction of sp³-hybridized carbons (Fsp3) is 0.545. The van der Waals surface area contributed by atoms with Crippen LogP contribution in [-0.4, -0.2) is 82.3 Å². The Bertz CT molecular complexity index is 1710. The summed E-state index contributed by atoms with van der Waals surface area (Å²) in [4.78, 5) is 43.3. The van der Waals surface area contributed by atoms with Crippen LogP contribution in [0, 0.1) is 11.8 Å². The summed E-state index contributed by atoms with van der Waals surface area (Å²) in [6, 6.07) is 10.5. The highest BCUT2D eigenvalue weighted by Gasteiger charge is 2.59. The van der Waals surface area contributed by atoms with E-state index >= 15 is 0 Å². The van der Waals surface area contributed by atoms with E-state index in [2.05, 4.69) is 15.2 Å². The topological polar surface area (TPSA) is 201 Å². The molecule has 3 N–H and O–H groups in total. The number of para-hydroxylation sites is 1. The van der Waals surface area contributed by atoms with Gasteiger partial charge in [-0.2, -0.15) is 10.2 Å². The van der Waals surface area contributed by atoms with Crippen LogP contribution in [0.15, 0.2) is 48.8 Å². The molecule has 50 heavy (non-hydrogen) atoms. The van der Waals surface area contributed by atoms with Crippen LogP contribution in [0.25, 0.3) is 5.52 Å². The largest absolute Gasteiger partial charge is 0.459 e. The number of carbonyl (C=O) groups excluding carboxylic acids is 3. The van der Waals surface area contributed by atoms with Gasteiger partial charge in [-0.15, -0.1) is 0 Å². The fourth-order valence-corrected chi connectivity index (χ4v) is 6.98. The van der Waals surface area contributed by atoms with Gasteiger partial charge in [-0.05, 0) is 38.1 Å². The van der Waals surface area contributed by atoms with Crippen molar-refractivity contribution >= 4 is 37.0 Å². The molecule has 2 aliphatic rings. The average molecular weight is 718 g/mol. The lowest BCUT2D eigenvalue weighted by atomic mass is 9.95. The molecule has 0 bridgehead atoms. The van der Waals surface area contributed by atoms with Crippen LogP contribution in [0.5, 0.6) is 5.75 Å². The molecular weight excluding hydrogens is 673 g/mol. The predicted octanol–water partition coefficient (Wildman–Crippen LogP) is 3.79. The number of ether oxygens (including phenoxy) is 5.